The van der Waals surface area contributed by atoms with Gasteiger partial charge in [0.15, 0.2) is 0 Å². The highest BCUT2D eigenvalue weighted by Gasteiger charge is 2.24. The van der Waals surface area contributed by atoms with Gasteiger partial charge in [0.2, 0.25) is 0 Å². The second-order valence-electron chi connectivity index (χ2n) is 6.93. The number of rotatable bonds is 6. The Morgan fingerprint density at radius 1 is 1.11 bits per heavy atom. The van der Waals surface area contributed by atoms with Crippen molar-refractivity contribution in [1.29, 1.82) is 0 Å². The number of likely N-dealkylation sites (tertiary alicyclic amines) is 1. The number of amides is 1. The van der Waals surface area contributed by atoms with Gasteiger partial charge in [-0.1, -0.05) is 48.7 Å². The van der Waals surface area contributed by atoms with Crippen LogP contribution in [0.1, 0.15) is 47.6 Å². The third-order valence-corrected chi connectivity index (χ3v) is 5.48. The van der Waals surface area contributed by atoms with Crippen LogP contribution in [0.25, 0.3) is 0 Å². The Kier molecular flexibility index (Phi) is 7.13. The zero-order valence-corrected chi connectivity index (χ0v) is 16.5. The van der Waals surface area contributed by atoms with Gasteiger partial charge in [-0.15, -0.1) is 0 Å². The third-order valence-electron chi connectivity index (χ3n) is 5.13. The van der Waals surface area contributed by atoms with Gasteiger partial charge in [0, 0.05) is 17.1 Å². The molecule has 2 aromatic rings. The minimum Gasteiger partial charge on any atom is -0.497 e. The monoisotopic (exact) mass is 386 g/mol. The van der Waals surface area contributed by atoms with Crippen molar-refractivity contribution >= 4 is 17.5 Å². The first-order valence-electron chi connectivity index (χ1n) is 9.60. The second-order valence-corrected chi connectivity index (χ2v) is 7.34. The molecule has 1 unspecified atom stereocenters. The highest BCUT2D eigenvalue weighted by atomic mass is 35.5. The zero-order chi connectivity index (χ0) is 19.1. The summed E-state index contributed by atoms with van der Waals surface area (Å²) in [5.41, 5.74) is 1.68. The first kappa shape index (κ1) is 19.7. The van der Waals surface area contributed by atoms with Gasteiger partial charge in [-0.2, -0.15) is 0 Å². The molecule has 1 saturated heterocycles. The predicted octanol–water partition coefficient (Wildman–Crippen LogP) is 4.70. The average Bonchev–Trinajstić information content (AvgIpc) is 2.99. The van der Waals surface area contributed by atoms with Crippen LogP contribution in [0.3, 0.4) is 0 Å². The Morgan fingerprint density at radius 3 is 2.56 bits per heavy atom. The lowest BCUT2D eigenvalue weighted by Crippen LogP contribution is -2.38. The molecule has 0 bridgehead atoms. The van der Waals surface area contributed by atoms with Crippen molar-refractivity contribution in [3.05, 3.63) is 64.7 Å². The molecule has 1 atom stereocenters. The summed E-state index contributed by atoms with van der Waals surface area (Å²) in [6.45, 7) is 2.59. The highest BCUT2D eigenvalue weighted by Crippen LogP contribution is 2.29. The van der Waals surface area contributed by atoms with E-state index in [9.17, 15) is 4.79 Å². The maximum absolute atomic E-state index is 12.7. The lowest BCUT2D eigenvalue weighted by Gasteiger charge is -2.31. The molecule has 0 radical (unpaired) electrons. The summed E-state index contributed by atoms with van der Waals surface area (Å²) < 4.78 is 5.22. The second kappa shape index (κ2) is 9.77. The maximum Gasteiger partial charge on any atom is 0.251 e. The molecule has 2 aromatic carbocycles. The molecule has 1 amide bonds. The number of carbonyl (C=O) groups excluding carboxylic acids is 1. The average molecular weight is 387 g/mol. The fourth-order valence-corrected chi connectivity index (χ4v) is 3.91. The van der Waals surface area contributed by atoms with E-state index in [0.29, 0.717) is 17.9 Å². The number of halogens is 1. The normalized spacial score (nSPS) is 16.4. The van der Waals surface area contributed by atoms with Crippen molar-refractivity contribution < 1.29 is 9.53 Å². The third kappa shape index (κ3) is 5.24. The molecule has 1 aliphatic heterocycles. The molecular weight excluding hydrogens is 360 g/mol. The Hall–Kier alpha value is -2.04. The van der Waals surface area contributed by atoms with Gasteiger partial charge in [-0.3, -0.25) is 9.69 Å². The van der Waals surface area contributed by atoms with Crippen molar-refractivity contribution in [2.24, 2.45) is 0 Å². The van der Waals surface area contributed by atoms with E-state index in [1.165, 1.54) is 25.7 Å². The van der Waals surface area contributed by atoms with Crippen LogP contribution in [0.4, 0.5) is 0 Å². The molecule has 0 aliphatic carbocycles. The summed E-state index contributed by atoms with van der Waals surface area (Å²) >= 11 is 6.49. The molecule has 4 nitrogen and oxygen atoms in total. The molecule has 1 N–H and O–H groups in total. The number of nitrogens with zero attached hydrogens (tertiary/aromatic N) is 1. The zero-order valence-electron chi connectivity index (χ0n) is 15.8. The summed E-state index contributed by atoms with van der Waals surface area (Å²) in [5.74, 6) is 0.582. The molecule has 0 aromatic heterocycles. The summed E-state index contributed by atoms with van der Waals surface area (Å²) in [4.78, 5) is 15.1. The van der Waals surface area contributed by atoms with E-state index in [0.717, 1.165) is 23.7 Å². The molecule has 1 aliphatic rings. The number of ether oxygens (including phenoxy) is 1. The molecule has 1 fully saturated rings. The van der Waals surface area contributed by atoms with Crippen LogP contribution in [0.2, 0.25) is 5.02 Å². The molecular formula is C22H27ClN2O2. The summed E-state index contributed by atoms with van der Waals surface area (Å²) in [6.07, 6.45) is 4.90. The van der Waals surface area contributed by atoms with Gasteiger partial charge in [0.05, 0.1) is 13.2 Å². The number of hydrogen-bond acceptors (Lipinski definition) is 3. The lowest BCUT2D eigenvalue weighted by atomic mass is 10.0. The fraction of sp³-hybridized carbons (Fsp3) is 0.409. The molecule has 3 rings (SSSR count). The number of hydrogen-bond donors (Lipinski definition) is 1. The van der Waals surface area contributed by atoms with E-state index in [4.69, 9.17) is 16.3 Å². The number of benzene rings is 2. The standard InChI is InChI=1S/C22H27ClN2O2/c1-27-18-10-8-9-17(15-18)22(26)24-16-21(19-11-4-5-12-20(19)23)25-13-6-2-3-7-14-25/h4-5,8-12,15,21H,2-3,6-7,13-14,16H2,1H3,(H,24,26). The van der Waals surface area contributed by atoms with Crippen molar-refractivity contribution in [2.45, 2.75) is 31.7 Å². The number of carbonyl (C=O) groups is 1. The number of methoxy groups -OCH3 is 1. The molecule has 1 heterocycles. The van der Waals surface area contributed by atoms with Crippen LogP contribution in [0.5, 0.6) is 5.75 Å². The van der Waals surface area contributed by atoms with Gasteiger partial charge in [-0.25, -0.2) is 0 Å². The smallest absolute Gasteiger partial charge is 0.251 e. The van der Waals surface area contributed by atoms with E-state index in [2.05, 4.69) is 16.3 Å². The number of nitrogens with one attached hydrogen (secondary N) is 1. The minimum absolute atomic E-state index is 0.0753. The largest absolute Gasteiger partial charge is 0.497 e. The molecule has 0 saturated carbocycles. The van der Waals surface area contributed by atoms with Crippen LogP contribution in [-0.2, 0) is 0 Å². The summed E-state index contributed by atoms with van der Waals surface area (Å²) in [6, 6.07) is 15.2. The summed E-state index contributed by atoms with van der Waals surface area (Å²) in [7, 11) is 1.60. The Bertz CT molecular complexity index is 757. The maximum atomic E-state index is 12.7. The quantitative estimate of drug-likeness (QED) is 0.782. The van der Waals surface area contributed by atoms with Crippen LogP contribution < -0.4 is 10.1 Å². The molecule has 144 valence electrons. The Morgan fingerprint density at radius 2 is 1.85 bits per heavy atom. The van der Waals surface area contributed by atoms with Crippen LogP contribution in [0, 0.1) is 0 Å². The molecule has 0 spiro atoms. The van der Waals surface area contributed by atoms with Gasteiger partial charge < -0.3 is 10.1 Å². The SMILES string of the molecule is COc1cccc(C(=O)NCC(c2ccccc2Cl)N2CCCCCC2)c1. The van der Waals surface area contributed by atoms with Crippen molar-refractivity contribution in [3.8, 4) is 5.75 Å². The first-order valence-corrected chi connectivity index (χ1v) is 9.97. The first-order chi connectivity index (χ1) is 13.2. The van der Waals surface area contributed by atoms with Gasteiger partial charge in [-0.05, 0) is 55.8 Å². The van der Waals surface area contributed by atoms with E-state index < -0.39 is 0 Å². The van der Waals surface area contributed by atoms with Crippen LogP contribution >= 0.6 is 11.6 Å². The predicted molar refractivity (Wildman–Crippen MR) is 110 cm³/mol. The topological polar surface area (TPSA) is 41.6 Å². The Labute approximate surface area is 166 Å². The van der Waals surface area contributed by atoms with E-state index in [1.54, 1.807) is 19.2 Å². The van der Waals surface area contributed by atoms with E-state index in [1.807, 2.05) is 30.3 Å². The van der Waals surface area contributed by atoms with Crippen LogP contribution in [-0.4, -0.2) is 37.6 Å². The van der Waals surface area contributed by atoms with Gasteiger partial charge >= 0.3 is 0 Å². The molecule has 5 heteroatoms. The van der Waals surface area contributed by atoms with Crippen molar-refractivity contribution in [1.82, 2.24) is 10.2 Å². The minimum atomic E-state index is -0.0965. The fourth-order valence-electron chi connectivity index (χ4n) is 3.64. The highest BCUT2D eigenvalue weighted by molar-refractivity contribution is 6.31. The van der Waals surface area contributed by atoms with Crippen LogP contribution in [0.15, 0.2) is 48.5 Å². The Balaban J connectivity index is 1.76. The van der Waals surface area contributed by atoms with Crippen molar-refractivity contribution in [2.75, 3.05) is 26.7 Å². The van der Waals surface area contributed by atoms with E-state index in [-0.39, 0.29) is 11.9 Å². The molecule has 27 heavy (non-hydrogen) atoms. The van der Waals surface area contributed by atoms with Gasteiger partial charge in [0.25, 0.3) is 5.91 Å². The van der Waals surface area contributed by atoms with Gasteiger partial charge in [0.1, 0.15) is 5.75 Å². The lowest BCUT2D eigenvalue weighted by molar-refractivity contribution is 0.0933. The summed E-state index contributed by atoms with van der Waals surface area (Å²) in [5, 5.41) is 3.85. The van der Waals surface area contributed by atoms with E-state index >= 15 is 0 Å². The van der Waals surface area contributed by atoms with Crippen molar-refractivity contribution in [3.63, 3.8) is 0 Å².